The van der Waals surface area contributed by atoms with Crippen LogP contribution in [0.4, 0.5) is 34.1 Å². The Kier molecular flexibility index (Phi) is 18.1. The van der Waals surface area contributed by atoms with Crippen molar-refractivity contribution < 1.29 is 9.13 Å². The van der Waals surface area contributed by atoms with Gasteiger partial charge in [0, 0.05) is 76.6 Å². The highest BCUT2D eigenvalue weighted by atomic mass is 31.2. The molecule has 524 valence electrons. The minimum atomic E-state index is -3.28. The van der Waals surface area contributed by atoms with E-state index in [0.29, 0.717) is 34.9 Å². The lowest BCUT2D eigenvalue weighted by molar-refractivity contribution is 0.591. The molecule has 110 heavy (non-hydrogen) atoms. The summed E-state index contributed by atoms with van der Waals surface area (Å²) in [6, 6.07) is 131. The summed E-state index contributed by atoms with van der Waals surface area (Å²) in [5.74, 6) is 3.72. The average molecular weight is 1450 g/mol. The van der Waals surface area contributed by atoms with E-state index in [1.165, 1.54) is 0 Å². The lowest BCUT2D eigenvalue weighted by Gasteiger charge is -2.38. The highest BCUT2D eigenvalue weighted by Crippen LogP contribution is 2.57. The summed E-state index contributed by atoms with van der Waals surface area (Å²) in [4.78, 5) is 34.0. The van der Waals surface area contributed by atoms with Gasteiger partial charge < -0.3 is 18.9 Å². The standard InChI is InChI=1S/C53H39N4OP.C45H31N4OP/c1-36-33-40(41-29-32-48-50(35-41)59(58,44-23-13-6-14-24-44)49-26-16-15-25-47(49)57(48)43-21-11-5-12-22-43)27-30-45(36)46-31-28-42(34-37(46)2)53-55-51(38-17-7-3-8-18-38)54-52(56-53)39-19-9-4-10-20-39;50-51(38-24-11-4-12-25-38)41-27-14-13-26-39(41)49(37-22-9-3-10-23-37)40-29-28-35(31-42(40)51)34-20-15-21-36(30-34)45-47-43(32-16-5-1-6-17-32)46-44(48-45)33-18-7-2-8-19-33/h3-35H,1-2H3;1-31H. The molecule has 15 aromatic carbocycles. The third kappa shape index (κ3) is 12.7. The number of benzene rings is 15. The maximum absolute atomic E-state index is 15.9. The fourth-order valence-electron chi connectivity index (χ4n) is 15.2. The minimum absolute atomic E-state index is 0.585. The minimum Gasteiger partial charge on any atom is -0.309 e. The normalized spacial score (nSPS) is 14.6. The van der Waals surface area contributed by atoms with Gasteiger partial charge in [-0.05, 0) is 143 Å². The maximum atomic E-state index is 15.9. The van der Waals surface area contributed by atoms with E-state index in [9.17, 15) is 0 Å². The van der Waals surface area contributed by atoms with Gasteiger partial charge in [0.25, 0.3) is 0 Å². The van der Waals surface area contributed by atoms with E-state index in [-0.39, 0.29) is 0 Å². The van der Waals surface area contributed by atoms with Crippen LogP contribution in [0.5, 0.6) is 0 Å². The molecule has 0 N–H and O–H groups in total. The Morgan fingerprint density at radius 3 is 0.836 bits per heavy atom. The van der Waals surface area contributed by atoms with Crippen LogP contribution in [0.3, 0.4) is 0 Å². The second-order valence-corrected chi connectivity index (χ2v) is 32.7. The molecule has 0 saturated heterocycles. The molecule has 2 aliphatic rings. The van der Waals surface area contributed by atoms with Crippen LogP contribution in [0.25, 0.3) is 102 Å². The molecule has 0 bridgehead atoms. The van der Waals surface area contributed by atoms with E-state index in [4.69, 9.17) is 29.9 Å². The fraction of sp³-hybridized carbons (Fsp3) is 0.0204. The van der Waals surface area contributed by atoms with Crippen LogP contribution in [-0.2, 0) is 9.13 Å². The molecule has 2 unspecified atom stereocenters. The molecule has 0 spiro atoms. The Bertz CT molecular complexity index is 6270. The van der Waals surface area contributed by atoms with Gasteiger partial charge in [0.15, 0.2) is 49.2 Å². The summed E-state index contributed by atoms with van der Waals surface area (Å²) in [5.41, 5.74) is 19.9. The largest absolute Gasteiger partial charge is 0.309 e. The maximum Gasteiger partial charge on any atom is 0.175 e. The number of fused-ring (bicyclic) bond motifs is 4. The van der Waals surface area contributed by atoms with Gasteiger partial charge in [0.1, 0.15) is 0 Å². The summed E-state index contributed by atoms with van der Waals surface area (Å²) in [6.45, 7) is 4.31. The van der Waals surface area contributed by atoms with Gasteiger partial charge in [-0.1, -0.05) is 303 Å². The van der Waals surface area contributed by atoms with Gasteiger partial charge in [-0.3, -0.25) is 0 Å². The van der Waals surface area contributed by atoms with Gasteiger partial charge in [-0.2, -0.15) is 0 Å². The highest BCUT2D eigenvalue weighted by Gasteiger charge is 2.43. The van der Waals surface area contributed by atoms with Crippen molar-refractivity contribution in [3.63, 3.8) is 0 Å². The molecule has 0 fully saturated rings. The van der Waals surface area contributed by atoms with Crippen LogP contribution in [-0.4, -0.2) is 29.9 Å². The van der Waals surface area contributed by atoms with Crippen molar-refractivity contribution in [1.29, 1.82) is 0 Å². The Labute approximate surface area is 639 Å². The van der Waals surface area contributed by atoms with E-state index >= 15 is 9.13 Å². The number of hydrogen-bond donors (Lipinski definition) is 0. The first-order valence-electron chi connectivity index (χ1n) is 36.7. The Morgan fingerprint density at radius 2 is 0.464 bits per heavy atom. The predicted octanol–water partition coefficient (Wildman–Crippen LogP) is 22.2. The van der Waals surface area contributed by atoms with Crippen molar-refractivity contribution in [2.75, 3.05) is 9.80 Å². The third-order valence-corrected chi connectivity index (χ3v) is 26.7. The molecule has 17 aromatic rings. The van der Waals surface area contributed by atoms with Gasteiger partial charge in [-0.25, -0.2) is 29.9 Å². The van der Waals surface area contributed by atoms with Gasteiger partial charge in [0.05, 0.1) is 22.7 Å². The predicted molar refractivity (Wildman–Crippen MR) is 453 cm³/mol. The summed E-state index contributed by atoms with van der Waals surface area (Å²) >= 11 is 0. The average Bonchev–Trinajstić information content (AvgIpc) is 0.714. The quantitative estimate of drug-likeness (QED) is 0.103. The van der Waals surface area contributed by atoms with Crippen molar-refractivity contribution in [2.45, 2.75) is 13.8 Å². The van der Waals surface area contributed by atoms with Crippen molar-refractivity contribution in [3.05, 3.63) is 399 Å². The topological polar surface area (TPSA) is 118 Å². The van der Waals surface area contributed by atoms with Gasteiger partial charge in [-0.15, -0.1) is 0 Å². The molecule has 2 aromatic heterocycles. The third-order valence-electron chi connectivity index (χ3n) is 20.5. The summed E-state index contributed by atoms with van der Waals surface area (Å²) in [5, 5.41) is 4.94. The zero-order valence-electron chi connectivity index (χ0n) is 60.2. The fourth-order valence-corrected chi connectivity index (χ4v) is 21.2. The van der Waals surface area contributed by atoms with Crippen LogP contribution in [0, 0.1) is 13.8 Å². The monoisotopic (exact) mass is 1450 g/mol. The van der Waals surface area contributed by atoms with Crippen molar-refractivity contribution in [1.82, 2.24) is 29.9 Å². The summed E-state index contributed by atoms with van der Waals surface area (Å²) < 4.78 is 31.7. The molecular weight excluding hydrogens is 1380 g/mol. The van der Waals surface area contributed by atoms with Gasteiger partial charge >= 0.3 is 0 Å². The Balaban J connectivity index is 0.000000156. The zero-order chi connectivity index (χ0) is 74.1. The molecule has 10 nitrogen and oxygen atoms in total. The van der Waals surface area contributed by atoms with Gasteiger partial charge in [0.2, 0.25) is 0 Å². The van der Waals surface area contributed by atoms with E-state index in [1.807, 2.05) is 267 Å². The molecule has 0 aliphatic carbocycles. The number of aromatic nitrogens is 6. The highest BCUT2D eigenvalue weighted by molar-refractivity contribution is 7.86. The number of nitrogens with zero attached hydrogens (tertiary/aromatic N) is 8. The number of hydrogen-bond acceptors (Lipinski definition) is 10. The van der Waals surface area contributed by atoms with Crippen molar-refractivity contribution in [3.8, 4) is 102 Å². The zero-order valence-corrected chi connectivity index (χ0v) is 62.0. The van der Waals surface area contributed by atoms with E-state index < -0.39 is 14.3 Å². The van der Waals surface area contributed by atoms with Crippen LogP contribution in [0.15, 0.2) is 388 Å². The molecule has 2 aliphatic heterocycles. The Hall–Kier alpha value is -13.6. The molecule has 0 radical (unpaired) electrons. The molecule has 19 rings (SSSR count). The van der Waals surface area contributed by atoms with Crippen LogP contribution < -0.4 is 41.6 Å². The smallest absolute Gasteiger partial charge is 0.175 e. The Morgan fingerprint density at radius 1 is 0.209 bits per heavy atom. The SMILES string of the molecule is Cc1cc(-c2ccc3c(c2)P(=O)(c2ccccc2)c2ccccc2N3c2ccccc2)ccc1-c1ccc(-c2nc(-c3ccccc3)nc(-c3ccccc3)n2)cc1C.O=P1(c2ccccc2)c2ccccc2N(c2ccccc2)c2ccc(-c3cccc(-c4nc(-c5ccccc5)nc(-c5ccccc5)n4)c3)cc21. The second kappa shape index (κ2) is 29.3. The summed E-state index contributed by atoms with van der Waals surface area (Å²) in [7, 11) is -6.53. The molecular formula is C98H70N8O2P2. The number of aryl methyl sites for hydroxylation is 2. The lowest BCUT2D eigenvalue weighted by atomic mass is 9.92. The van der Waals surface area contributed by atoms with E-state index in [1.54, 1.807) is 0 Å². The molecule has 2 atom stereocenters. The number of anilines is 6. The molecule has 0 amide bonds. The molecule has 4 heterocycles. The van der Waals surface area contributed by atoms with E-state index in [2.05, 4.69) is 145 Å². The second-order valence-electron chi connectivity index (χ2n) is 27.3. The first-order chi connectivity index (χ1) is 54.1. The van der Waals surface area contributed by atoms with Crippen molar-refractivity contribution >= 4 is 80.2 Å². The molecule has 12 heteroatoms. The number of rotatable bonds is 13. The van der Waals surface area contributed by atoms with Crippen molar-refractivity contribution in [2.24, 2.45) is 0 Å². The summed E-state index contributed by atoms with van der Waals surface area (Å²) in [6.07, 6.45) is 0. The lowest BCUT2D eigenvalue weighted by Crippen LogP contribution is -2.36. The van der Waals surface area contributed by atoms with E-state index in [0.717, 1.165) is 144 Å². The first kappa shape index (κ1) is 68.2. The molecule has 0 saturated carbocycles. The van der Waals surface area contributed by atoms with Crippen LogP contribution >= 0.6 is 14.3 Å². The number of para-hydroxylation sites is 4. The van der Waals surface area contributed by atoms with Crippen LogP contribution in [0.2, 0.25) is 0 Å². The van der Waals surface area contributed by atoms with Crippen LogP contribution in [0.1, 0.15) is 11.1 Å². The first-order valence-corrected chi connectivity index (χ1v) is 40.1.